The van der Waals surface area contributed by atoms with Crippen molar-refractivity contribution in [3.05, 3.63) is 91.0 Å². The van der Waals surface area contributed by atoms with Gasteiger partial charge in [-0.1, -0.05) is 26.2 Å². The molecule has 0 heterocycles. The van der Waals surface area contributed by atoms with Crippen molar-refractivity contribution in [1.29, 1.82) is 0 Å². The van der Waals surface area contributed by atoms with Gasteiger partial charge in [0, 0.05) is 0 Å². The minimum absolute atomic E-state index is 1.20. The molecule has 208 valence electrons. The van der Waals surface area contributed by atoms with Crippen LogP contribution in [0.5, 0.6) is 0 Å². The molecule has 3 aromatic carbocycles. The number of rotatable bonds is 20. The molecule has 3 aromatic rings. The van der Waals surface area contributed by atoms with Gasteiger partial charge in [0.1, 0.15) is 0 Å². The van der Waals surface area contributed by atoms with Crippen LogP contribution >= 0.6 is 6.60 Å². The van der Waals surface area contributed by atoms with Crippen molar-refractivity contribution in [3.8, 4) is 0 Å². The summed E-state index contributed by atoms with van der Waals surface area (Å²) in [5.74, 6) is 0. The van der Waals surface area contributed by atoms with Gasteiger partial charge >= 0.3 is 210 Å². The molecule has 0 spiro atoms. The molecule has 0 bridgehead atoms. The summed E-state index contributed by atoms with van der Waals surface area (Å²) in [7, 11) is 0. The van der Waals surface area contributed by atoms with E-state index in [9.17, 15) is 0 Å². The summed E-state index contributed by atoms with van der Waals surface area (Å²) < 4.78 is 0. The van der Waals surface area contributed by atoms with Gasteiger partial charge in [0.05, 0.1) is 0 Å². The quantitative estimate of drug-likeness (QED) is 0.101. The van der Waals surface area contributed by atoms with E-state index in [-0.39, 0.29) is 0 Å². The maximum atomic E-state index is 2.44. The average molecular weight is 531 g/mol. The molecule has 0 N–H and O–H groups in total. The van der Waals surface area contributed by atoms with Crippen molar-refractivity contribution in [2.45, 2.75) is 110 Å². The topological polar surface area (TPSA) is 0 Å². The molecule has 0 unspecified atom stereocenters. The van der Waals surface area contributed by atoms with E-state index in [1.54, 1.807) is 15.9 Å². The molecule has 0 fully saturated rings. The minimum atomic E-state index is -2.60. The second-order valence-electron chi connectivity index (χ2n) is 11.6. The average Bonchev–Trinajstić information content (AvgIpc) is 2.98. The van der Waals surface area contributed by atoms with Gasteiger partial charge in [0.25, 0.3) is 0 Å². The van der Waals surface area contributed by atoms with E-state index < -0.39 is 6.60 Å². The second-order valence-corrected chi connectivity index (χ2v) is 17.0. The van der Waals surface area contributed by atoms with E-state index >= 15 is 0 Å². The van der Waals surface area contributed by atoms with E-state index in [2.05, 4.69) is 105 Å². The fourth-order valence-electron chi connectivity index (χ4n) is 6.85. The molecule has 0 atom stereocenters. The number of benzene rings is 3. The molecule has 0 aromatic heterocycles. The van der Waals surface area contributed by atoms with Crippen LogP contribution in [0.2, 0.25) is 0 Å². The third kappa shape index (κ3) is 7.82. The Morgan fingerprint density at radius 3 is 0.974 bits per heavy atom. The molecule has 3 rings (SSSR count). The zero-order valence-electron chi connectivity index (χ0n) is 24.6. The van der Waals surface area contributed by atoms with Crippen molar-refractivity contribution in [1.82, 2.24) is 0 Å². The number of hydrogen-bond donors (Lipinski definition) is 0. The standard InChI is InChI=1S/C37H55P/c1-3-5-6-7-8-9-10-11-12-13-14-15-16-26-34-38(33-4-2,35-27-20-17-21-28-35,36-29-22-18-23-30-36)37-31-24-19-25-32-37/h17-25,27-32H,3-16,26,33-34H2,1-2H3. The molecule has 0 saturated carbocycles. The normalized spacial score (nSPS) is 12.7. The summed E-state index contributed by atoms with van der Waals surface area (Å²) in [6, 6.07) is 34.8. The Bertz CT molecular complexity index is 880. The Morgan fingerprint density at radius 1 is 0.342 bits per heavy atom. The first-order chi connectivity index (χ1) is 18.8. The van der Waals surface area contributed by atoms with Gasteiger partial charge in [-0.15, -0.1) is 0 Å². The summed E-state index contributed by atoms with van der Waals surface area (Å²) in [6.07, 6.45) is 23.5. The third-order valence-electron chi connectivity index (χ3n) is 8.86. The Morgan fingerprint density at radius 2 is 0.658 bits per heavy atom. The van der Waals surface area contributed by atoms with Crippen LogP contribution in [0.15, 0.2) is 91.0 Å². The zero-order valence-corrected chi connectivity index (χ0v) is 25.5. The second kappa shape index (κ2) is 16.9. The molecular weight excluding hydrogens is 475 g/mol. The van der Waals surface area contributed by atoms with Crippen LogP contribution in [0.25, 0.3) is 0 Å². The van der Waals surface area contributed by atoms with Crippen molar-refractivity contribution >= 4 is 22.5 Å². The number of hydrogen-bond acceptors (Lipinski definition) is 0. The van der Waals surface area contributed by atoms with Gasteiger partial charge in [-0.05, 0) is 0 Å². The first kappa shape index (κ1) is 30.6. The Kier molecular flexibility index (Phi) is 13.6. The fourth-order valence-corrected chi connectivity index (χ4v) is 14.1. The molecule has 1 heteroatoms. The van der Waals surface area contributed by atoms with Crippen LogP contribution in [0, 0.1) is 0 Å². The van der Waals surface area contributed by atoms with Gasteiger partial charge in [0.2, 0.25) is 0 Å². The summed E-state index contributed by atoms with van der Waals surface area (Å²) in [4.78, 5) is 0. The number of unbranched alkanes of at least 4 members (excludes halogenated alkanes) is 13. The van der Waals surface area contributed by atoms with Crippen LogP contribution in [-0.2, 0) is 0 Å². The van der Waals surface area contributed by atoms with Crippen molar-refractivity contribution in [2.75, 3.05) is 12.3 Å². The van der Waals surface area contributed by atoms with E-state index in [1.807, 2.05) is 0 Å². The molecular formula is C37H55P. The molecule has 0 aliphatic carbocycles. The zero-order chi connectivity index (χ0) is 26.8. The molecule has 38 heavy (non-hydrogen) atoms. The summed E-state index contributed by atoms with van der Waals surface area (Å²) in [6.45, 7) is 2.10. The molecule has 0 nitrogen and oxygen atoms in total. The monoisotopic (exact) mass is 530 g/mol. The van der Waals surface area contributed by atoms with Crippen molar-refractivity contribution < 1.29 is 0 Å². The Labute approximate surface area is 235 Å². The van der Waals surface area contributed by atoms with Crippen molar-refractivity contribution in [3.63, 3.8) is 0 Å². The van der Waals surface area contributed by atoms with Crippen molar-refractivity contribution in [2.24, 2.45) is 0 Å². The SMILES string of the molecule is CCCCCCCCCCCCCCCCP(CCC)(c1ccccc1)(c1ccccc1)c1ccccc1. The van der Waals surface area contributed by atoms with Crippen LogP contribution in [0.3, 0.4) is 0 Å². The van der Waals surface area contributed by atoms with Crippen LogP contribution < -0.4 is 15.9 Å². The van der Waals surface area contributed by atoms with Crippen LogP contribution in [0.4, 0.5) is 0 Å². The first-order valence-corrected chi connectivity index (χ1v) is 18.6. The molecule has 0 saturated heterocycles. The molecule has 0 radical (unpaired) electrons. The van der Waals surface area contributed by atoms with Gasteiger partial charge in [-0.25, -0.2) is 0 Å². The molecule has 0 amide bonds. The van der Waals surface area contributed by atoms with Gasteiger partial charge in [-0.2, -0.15) is 0 Å². The Balaban J connectivity index is 1.64. The summed E-state index contributed by atoms with van der Waals surface area (Å²) >= 11 is 0. The first-order valence-electron chi connectivity index (χ1n) is 15.9. The summed E-state index contributed by atoms with van der Waals surface area (Å²) in [5.41, 5.74) is 0. The van der Waals surface area contributed by atoms with E-state index in [0.717, 1.165) is 0 Å². The van der Waals surface area contributed by atoms with E-state index in [4.69, 9.17) is 0 Å². The van der Waals surface area contributed by atoms with Crippen LogP contribution in [0.1, 0.15) is 110 Å². The van der Waals surface area contributed by atoms with Gasteiger partial charge in [0.15, 0.2) is 0 Å². The fraction of sp³-hybridized carbons (Fsp3) is 0.514. The van der Waals surface area contributed by atoms with E-state index in [1.165, 1.54) is 109 Å². The summed E-state index contributed by atoms with van der Waals surface area (Å²) in [5, 5.41) is 4.73. The predicted molar refractivity (Wildman–Crippen MR) is 175 cm³/mol. The third-order valence-corrected chi connectivity index (χ3v) is 16.2. The van der Waals surface area contributed by atoms with Gasteiger partial charge < -0.3 is 0 Å². The van der Waals surface area contributed by atoms with Gasteiger partial charge in [-0.3, -0.25) is 0 Å². The van der Waals surface area contributed by atoms with E-state index in [0.29, 0.717) is 0 Å². The predicted octanol–water partition coefficient (Wildman–Crippen LogP) is 10.4. The molecule has 0 aliphatic heterocycles. The maximum absolute atomic E-state index is 2.60. The molecule has 0 aliphatic rings. The Hall–Kier alpha value is -1.91. The van der Waals surface area contributed by atoms with Crippen LogP contribution in [-0.4, -0.2) is 12.3 Å².